The van der Waals surface area contributed by atoms with Gasteiger partial charge in [0.15, 0.2) is 5.82 Å². The minimum absolute atomic E-state index is 0.00708. The Morgan fingerprint density at radius 1 is 1.28 bits per heavy atom. The van der Waals surface area contributed by atoms with E-state index in [2.05, 4.69) is 21.0 Å². The average molecular weight is 624 g/mol. The number of aromatic nitrogens is 3. The Bertz CT molecular complexity index is 1630. The first-order valence-corrected chi connectivity index (χ1v) is 14.1. The van der Waals surface area contributed by atoms with Gasteiger partial charge in [0, 0.05) is 43.7 Å². The lowest BCUT2D eigenvalue weighted by Gasteiger charge is -2.32. The molecule has 3 aliphatic heterocycles. The zero-order chi connectivity index (χ0) is 30.7. The molecule has 2 N–H and O–H groups in total. The summed E-state index contributed by atoms with van der Waals surface area (Å²) in [4.78, 5) is 16.7. The molecule has 6 rings (SSSR count). The fraction of sp³-hybridized carbons (Fsp3) is 0.500. The van der Waals surface area contributed by atoms with Crippen molar-refractivity contribution in [3.05, 3.63) is 28.5 Å². The van der Waals surface area contributed by atoms with Crippen molar-refractivity contribution in [1.29, 1.82) is 5.26 Å². The topological polar surface area (TPSA) is 113 Å². The molecule has 1 unspecified atom stereocenters. The molecule has 0 aliphatic carbocycles. The summed E-state index contributed by atoms with van der Waals surface area (Å²) in [6, 6.07) is 3.35. The van der Waals surface area contributed by atoms with Crippen LogP contribution >= 0.6 is 11.6 Å². The second-order valence-corrected chi connectivity index (χ2v) is 11.6. The molecule has 0 bridgehead atoms. The van der Waals surface area contributed by atoms with Gasteiger partial charge < -0.3 is 20.1 Å². The second-order valence-electron chi connectivity index (χ2n) is 11.2. The third-order valence-electron chi connectivity index (χ3n) is 8.49. The fourth-order valence-corrected chi connectivity index (χ4v) is 6.79. The van der Waals surface area contributed by atoms with Crippen LogP contribution in [0.3, 0.4) is 0 Å². The van der Waals surface area contributed by atoms with Crippen LogP contribution in [-0.2, 0) is 6.18 Å². The Hall–Kier alpha value is -3.70. The summed E-state index contributed by atoms with van der Waals surface area (Å²) < 4.78 is 85.1. The molecule has 43 heavy (non-hydrogen) atoms. The highest BCUT2D eigenvalue weighted by Gasteiger charge is 2.49. The smallest absolute Gasteiger partial charge is 0.418 e. The van der Waals surface area contributed by atoms with Crippen LogP contribution in [0.5, 0.6) is 11.9 Å². The third-order valence-corrected chi connectivity index (χ3v) is 8.79. The molecule has 15 heteroatoms. The van der Waals surface area contributed by atoms with Gasteiger partial charge in [-0.05, 0) is 31.5 Å². The number of hydrogen-bond acceptors (Lipinski definition) is 9. The van der Waals surface area contributed by atoms with Crippen LogP contribution < -0.4 is 20.1 Å². The predicted octanol–water partition coefficient (Wildman–Crippen LogP) is 5.54. The van der Waals surface area contributed by atoms with Crippen LogP contribution in [0.1, 0.15) is 37.7 Å². The van der Waals surface area contributed by atoms with Crippen molar-refractivity contribution in [2.24, 2.45) is 0 Å². The van der Waals surface area contributed by atoms with Crippen molar-refractivity contribution < 1.29 is 31.4 Å². The van der Waals surface area contributed by atoms with Crippen LogP contribution in [0.4, 0.5) is 33.5 Å². The summed E-state index contributed by atoms with van der Waals surface area (Å²) in [5.41, 5.74) is 2.02. The average Bonchev–Trinajstić information content (AvgIpc) is 3.45. The van der Waals surface area contributed by atoms with Crippen LogP contribution in [0, 0.1) is 17.1 Å². The zero-order valence-corrected chi connectivity index (χ0v) is 23.8. The number of fused-ring (bicyclic) bond motifs is 1. The van der Waals surface area contributed by atoms with Crippen LogP contribution in [0.25, 0.3) is 22.2 Å². The highest BCUT2D eigenvalue weighted by Crippen LogP contribution is 2.46. The van der Waals surface area contributed by atoms with Crippen LogP contribution in [0.2, 0.25) is 5.02 Å². The molecule has 0 amide bonds. The zero-order valence-electron chi connectivity index (χ0n) is 23.0. The van der Waals surface area contributed by atoms with Crippen LogP contribution in [-0.4, -0.2) is 71.0 Å². The second kappa shape index (κ2) is 10.8. The summed E-state index contributed by atoms with van der Waals surface area (Å²) in [5.74, 6) is -1.26. The Labute approximate surface area is 248 Å². The minimum atomic E-state index is -4.96. The van der Waals surface area contributed by atoms with Gasteiger partial charge in [-0.25, -0.2) is 13.8 Å². The van der Waals surface area contributed by atoms with Crippen molar-refractivity contribution >= 4 is 34.0 Å². The van der Waals surface area contributed by atoms with Gasteiger partial charge in [0.1, 0.15) is 35.2 Å². The monoisotopic (exact) mass is 623 g/mol. The number of pyridine rings is 1. The summed E-state index contributed by atoms with van der Waals surface area (Å²) in [7, 11) is 1.66. The van der Waals surface area contributed by atoms with Crippen molar-refractivity contribution in [2.75, 3.05) is 44.0 Å². The van der Waals surface area contributed by atoms with Gasteiger partial charge in [0.2, 0.25) is 5.88 Å². The fourth-order valence-electron chi connectivity index (χ4n) is 6.46. The molecule has 1 aromatic carbocycles. The summed E-state index contributed by atoms with van der Waals surface area (Å²) in [6.07, 6.45) is -3.69. The quantitative estimate of drug-likeness (QED) is 0.289. The van der Waals surface area contributed by atoms with Gasteiger partial charge in [-0.1, -0.05) is 11.6 Å². The first-order chi connectivity index (χ1) is 20.4. The Balaban J connectivity index is 1.55. The first kappa shape index (κ1) is 29.4. The predicted molar refractivity (Wildman–Crippen MR) is 148 cm³/mol. The van der Waals surface area contributed by atoms with Crippen molar-refractivity contribution in [1.82, 2.24) is 19.9 Å². The molecular formula is C28H27ClF5N7O2. The number of nitrogens with zero attached hydrogens (tertiary/aromatic N) is 6. The maximum absolute atomic E-state index is 16.5. The van der Waals surface area contributed by atoms with Crippen molar-refractivity contribution in [3.8, 4) is 29.2 Å². The first-order valence-electron chi connectivity index (χ1n) is 13.7. The largest absolute Gasteiger partial charge is 0.477 e. The third kappa shape index (κ3) is 5.12. The lowest BCUT2D eigenvalue weighted by Crippen LogP contribution is -2.43. The van der Waals surface area contributed by atoms with E-state index in [9.17, 15) is 22.8 Å². The number of nitrogens with two attached hydrogens (primary N) is 1. The maximum atomic E-state index is 16.5. The number of anilines is 2. The Morgan fingerprint density at radius 2 is 2.07 bits per heavy atom. The van der Waals surface area contributed by atoms with Gasteiger partial charge >= 0.3 is 12.2 Å². The number of nitriles is 1. The van der Waals surface area contributed by atoms with E-state index in [4.69, 9.17) is 26.8 Å². The van der Waals surface area contributed by atoms with Gasteiger partial charge in [0.25, 0.3) is 0 Å². The number of alkyl halides is 4. The SMILES string of the molecule is CN1c2nc(OC[C@@]34CCCN3C[C@H](F)C4)nc3c(F)c(-c4cc(N)cc(Cl)c4C(F)(F)F)nc(c23)OCCC1CC#N. The number of halogens is 6. The van der Waals surface area contributed by atoms with E-state index in [0.717, 1.165) is 25.1 Å². The summed E-state index contributed by atoms with van der Waals surface area (Å²) in [6.45, 7) is 1.09. The van der Waals surface area contributed by atoms with E-state index < -0.39 is 51.1 Å². The van der Waals surface area contributed by atoms with Crippen molar-refractivity contribution in [2.45, 2.75) is 56.0 Å². The molecule has 0 spiro atoms. The Morgan fingerprint density at radius 3 is 2.81 bits per heavy atom. The minimum Gasteiger partial charge on any atom is -0.477 e. The molecule has 3 aromatic rings. The van der Waals surface area contributed by atoms with E-state index in [0.29, 0.717) is 19.4 Å². The van der Waals surface area contributed by atoms with E-state index in [1.165, 1.54) is 0 Å². The number of nitrogen functional groups attached to an aromatic ring is 1. The highest BCUT2D eigenvalue weighted by molar-refractivity contribution is 6.32. The van der Waals surface area contributed by atoms with E-state index in [1.54, 1.807) is 11.9 Å². The lowest BCUT2D eigenvalue weighted by molar-refractivity contribution is -0.137. The molecule has 2 fully saturated rings. The Kier molecular flexibility index (Phi) is 7.37. The van der Waals surface area contributed by atoms with Gasteiger partial charge in [0.05, 0.1) is 35.2 Å². The molecule has 0 saturated carbocycles. The molecule has 5 heterocycles. The normalized spacial score (nSPS) is 23.9. The van der Waals surface area contributed by atoms with E-state index in [-0.39, 0.29) is 60.9 Å². The lowest BCUT2D eigenvalue weighted by atomic mass is 9.95. The number of benzene rings is 1. The molecular weight excluding hydrogens is 597 g/mol. The van der Waals surface area contributed by atoms with Crippen LogP contribution in [0.15, 0.2) is 12.1 Å². The number of ether oxygens (including phenoxy) is 2. The molecule has 0 radical (unpaired) electrons. The number of hydrogen-bond donors (Lipinski definition) is 1. The molecule has 2 aromatic heterocycles. The van der Waals surface area contributed by atoms with Gasteiger partial charge in [-0.3, -0.25) is 4.90 Å². The molecule has 9 nitrogen and oxygen atoms in total. The highest BCUT2D eigenvalue weighted by atomic mass is 35.5. The maximum Gasteiger partial charge on any atom is 0.418 e. The summed E-state index contributed by atoms with van der Waals surface area (Å²) in [5, 5.41) is 8.69. The van der Waals surface area contributed by atoms with Crippen molar-refractivity contribution in [3.63, 3.8) is 0 Å². The van der Waals surface area contributed by atoms with Gasteiger partial charge in [-0.15, -0.1) is 0 Å². The standard InChI is InChI=1S/C28H27ClF5N7O2/c1-40-16(3-6-35)4-8-42-25-19-23(21(31)22(37-25)17-9-15(36)10-18(29)20(17)28(32,33)34)38-26(39-24(19)40)43-13-27-5-2-7-41(27)12-14(30)11-27/h9-10,14,16H,2-5,7-8,11-13,36H2,1H3/t14-,16?,27+/m1/s1. The van der Waals surface area contributed by atoms with E-state index in [1.807, 2.05) is 4.90 Å². The molecule has 3 atom stereocenters. The number of rotatable bonds is 5. The molecule has 228 valence electrons. The molecule has 2 saturated heterocycles. The summed E-state index contributed by atoms with van der Waals surface area (Å²) >= 11 is 5.95. The van der Waals surface area contributed by atoms with E-state index >= 15 is 4.39 Å². The molecule has 3 aliphatic rings. The van der Waals surface area contributed by atoms with Gasteiger partial charge in [-0.2, -0.15) is 28.4 Å².